The average molecular weight is 258 g/mol. The van der Waals surface area contributed by atoms with Crippen LogP contribution in [-0.4, -0.2) is 14.6 Å². The Morgan fingerprint density at radius 2 is 1.68 bits per heavy atom. The van der Waals surface area contributed by atoms with Gasteiger partial charge >= 0.3 is 0 Å². The maximum atomic E-state index is 5.91. The maximum absolute atomic E-state index is 5.91. The zero-order chi connectivity index (χ0) is 13.1. The van der Waals surface area contributed by atoms with Crippen molar-refractivity contribution in [2.24, 2.45) is 0 Å². The fraction of sp³-hybridized carbons (Fsp3) is 0.600. The van der Waals surface area contributed by atoms with Crippen molar-refractivity contribution in [1.82, 2.24) is 14.6 Å². The normalized spacial score (nSPS) is 18.9. The molecule has 0 unspecified atom stereocenters. The van der Waals surface area contributed by atoms with Gasteiger partial charge in [-0.15, -0.1) is 0 Å². The monoisotopic (exact) mass is 258 g/mol. The van der Waals surface area contributed by atoms with Crippen molar-refractivity contribution in [3.63, 3.8) is 0 Å². The van der Waals surface area contributed by atoms with E-state index < -0.39 is 0 Å². The van der Waals surface area contributed by atoms with E-state index in [1.165, 1.54) is 57.1 Å². The van der Waals surface area contributed by atoms with Crippen LogP contribution >= 0.6 is 0 Å². The average Bonchev–Trinajstić information content (AvgIpc) is 2.87. The number of nitrogen functional groups attached to an aromatic ring is 1. The molecule has 0 radical (unpaired) electrons. The van der Waals surface area contributed by atoms with Crippen LogP contribution in [0.5, 0.6) is 0 Å². The number of nitrogens with two attached hydrogens (primary N) is 1. The molecular formula is C15H22N4. The second-order valence-corrected chi connectivity index (χ2v) is 5.60. The number of hydrogen-bond donors (Lipinski definition) is 1. The zero-order valence-corrected chi connectivity index (χ0v) is 11.4. The van der Waals surface area contributed by atoms with Gasteiger partial charge in [0.15, 0.2) is 5.82 Å². The molecule has 19 heavy (non-hydrogen) atoms. The first kappa shape index (κ1) is 12.5. The molecule has 1 saturated carbocycles. The first-order valence-corrected chi connectivity index (χ1v) is 7.44. The Kier molecular flexibility index (Phi) is 3.67. The van der Waals surface area contributed by atoms with Crippen LogP contribution in [0.4, 0.5) is 5.82 Å². The predicted octanol–water partition coefficient (Wildman–Crippen LogP) is 3.53. The summed E-state index contributed by atoms with van der Waals surface area (Å²) in [4.78, 5) is 4.06. The van der Waals surface area contributed by atoms with Crippen LogP contribution in [0.3, 0.4) is 0 Å². The summed E-state index contributed by atoms with van der Waals surface area (Å²) in [6, 6.07) is 4.24. The van der Waals surface area contributed by atoms with Crippen molar-refractivity contribution in [3.05, 3.63) is 24.2 Å². The summed E-state index contributed by atoms with van der Waals surface area (Å²) in [5, 5.41) is 4.38. The van der Waals surface area contributed by atoms with E-state index in [2.05, 4.69) is 22.2 Å². The first-order chi connectivity index (χ1) is 9.36. The van der Waals surface area contributed by atoms with Crippen molar-refractivity contribution in [2.45, 2.75) is 57.3 Å². The molecule has 0 bridgehead atoms. The number of hydrogen-bond acceptors (Lipinski definition) is 3. The smallest absolute Gasteiger partial charge is 0.151 e. The third-order valence-electron chi connectivity index (χ3n) is 4.28. The Labute approximate surface area is 114 Å². The van der Waals surface area contributed by atoms with Gasteiger partial charge in [0.1, 0.15) is 11.8 Å². The molecule has 0 aliphatic heterocycles. The summed E-state index contributed by atoms with van der Waals surface area (Å²) in [6.45, 7) is 0. The van der Waals surface area contributed by atoms with E-state index in [1.54, 1.807) is 6.33 Å². The molecule has 4 nitrogen and oxygen atoms in total. The van der Waals surface area contributed by atoms with Crippen LogP contribution in [0.2, 0.25) is 0 Å². The van der Waals surface area contributed by atoms with Gasteiger partial charge in [0.25, 0.3) is 0 Å². The summed E-state index contributed by atoms with van der Waals surface area (Å²) >= 11 is 0. The standard InChI is InChI=1S/C15H22N4/c16-15-14-10-9-13(19(14)18-11-17-15)12-7-5-3-1-2-4-6-8-12/h9-12H,1-8H2,(H2,16,17,18). The van der Waals surface area contributed by atoms with E-state index in [0.717, 1.165) is 5.52 Å². The highest BCUT2D eigenvalue weighted by Gasteiger charge is 2.17. The Bertz CT molecular complexity index is 536. The molecule has 0 aromatic carbocycles. The molecule has 0 spiro atoms. The van der Waals surface area contributed by atoms with Gasteiger partial charge in [0, 0.05) is 11.6 Å². The highest BCUT2D eigenvalue weighted by Crippen LogP contribution is 2.31. The molecule has 1 aliphatic carbocycles. The molecule has 0 saturated heterocycles. The molecule has 102 valence electrons. The van der Waals surface area contributed by atoms with Crippen molar-refractivity contribution in [3.8, 4) is 0 Å². The molecule has 0 atom stereocenters. The van der Waals surface area contributed by atoms with Gasteiger partial charge < -0.3 is 5.73 Å². The van der Waals surface area contributed by atoms with E-state index in [0.29, 0.717) is 11.7 Å². The fourth-order valence-corrected chi connectivity index (χ4v) is 3.21. The zero-order valence-electron chi connectivity index (χ0n) is 11.4. The van der Waals surface area contributed by atoms with Crippen LogP contribution in [0, 0.1) is 0 Å². The summed E-state index contributed by atoms with van der Waals surface area (Å²) < 4.78 is 1.99. The Hall–Kier alpha value is -1.58. The van der Waals surface area contributed by atoms with Crippen LogP contribution in [-0.2, 0) is 0 Å². The van der Waals surface area contributed by atoms with Crippen LogP contribution in [0.25, 0.3) is 5.52 Å². The lowest BCUT2D eigenvalue weighted by atomic mass is 9.94. The van der Waals surface area contributed by atoms with E-state index >= 15 is 0 Å². The van der Waals surface area contributed by atoms with Gasteiger partial charge in [-0.3, -0.25) is 0 Å². The molecular weight excluding hydrogens is 236 g/mol. The van der Waals surface area contributed by atoms with Gasteiger partial charge in [-0.1, -0.05) is 38.5 Å². The van der Waals surface area contributed by atoms with E-state index in [4.69, 9.17) is 5.73 Å². The largest absolute Gasteiger partial charge is 0.382 e. The van der Waals surface area contributed by atoms with Crippen molar-refractivity contribution >= 4 is 11.3 Å². The fourth-order valence-electron chi connectivity index (χ4n) is 3.21. The van der Waals surface area contributed by atoms with Gasteiger partial charge in [-0.2, -0.15) is 5.10 Å². The van der Waals surface area contributed by atoms with Crippen molar-refractivity contribution in [2.75, 3.05) is 5.73 Å². The molecule has 2 N–H and O–H groups in total. The lowest BCUT2D eigenvalue weighted by Gasteiger charge is -2.15. The first-order valence-electron chi connectivity index (χ1n) is 7.44. The second kappa shape index (κ2) is 5.59. The number of aromatic nitrogens is 3. The number of nitrogens with zero attached hydrogens (tertiary/aromatic N) is 3. The van der Waals surface area contributed by atoms with Crippen molar-refractivity contribution in [1.29, 1.82) is 0 Å². The predicted molar refractivity (Wildman–Crippen MR) is 77.1 cm³/mol. The van der Waals surface area contributed by atoms with Gasteiger partial charge in [0.05, 0.1) is 0 Å². The molecule has 3 rings (SSSR count). The van der Waals surface area contributed by atoms with Gasteiger partial charge in [-0.25, -0.2) is 9.50 Å². The SMILES string of the molecule is Nc1ncnn2c(C3CCCCCCCC3)ccc12. The molecule has 0 amide bonds. The summed E-state index contributed by atoms with van der Waals surface area (Å²) in [7, 11) is 0. The molecule has 4 heteroatoms. The number of rotatable bonds is 1. The Morgan fingerprint density at radius 1 is 1.00 bits per heavy atom. The minimum Gasteiger partial charge on any atom is -0.382 e. The molecule has 2 heterocycles. The lowest BCUT2D eigenvalue weighted by Crippen LogP contribution is -2.07. The van der Waals surface area contributed by atoms with Gasteiger partial charge in [-0.05, 0) is 25.0 Å². The summed E-state index contributed by atoms with van der Waals surface area (Å²) in [5.41, 5.74) is 8.16. The van der Waals surface area contributed by atoms with E-state index in [-0.39, 0.29) is 0 Å². The third-order valence-corrected chi connectivity index (χ3v) is 4.28. The number of anilines is 1. The molecule has 1 fully saturated rings. The molecule has 2 aromatic heterocycles. The van der Waals surface area contributed by atoms with E-state index in [9.17, 15) is 0 Å². The minimum absolute atomic E-state index is 0.573. The molecule has 1 aliphatic rings. The second-order valence-electron chi connectivity index (χ2n) is 5.60. The highest BCUT2D eigenvalue weighted by atomic mass is 15.3. The summed E-state index contributed by atoms with van der Waals surface area (Å²) in [5.74, 6) is 1.19. The number of fused-ring (bicyclic) bond motifs is 1. The van der Waals surface area contributed by atoms with E-state index in [1.807, 2.05) is 4.52 Å². The van der Waals surface area contributed by atoms with Crippen LogP contribution in [0.15, 0.2) is 18.5 Å². The quantitative estimate of drug-likeness (QED) is 0.851. The van der Waals surface area contributed by atoms with Crippen LogP contribution < -0.4 is 5.73 Å². The molecule has 2 aromatic rings. The topological polar surface area (TPSA) is 56.2 Å². The van der Waals surface area contributed by atoms with Gasteiger partial charge in [0.2, 0.25) is 0 Å². The Morgan fingerprint density at radius 3 is 2.42 bits per heavy atom. The Balaban J connectivity index is 1.91. The lowest BCUT2D eigenvalue weighted by molar-refractivity contribution is 0.519. The van der Waals surface area contributed by atoms with Crippen LogP contribution in [0.1, 0.15) is 63.0 Å². The maximum Gasteiger partial charge on any atom is 0.151 e. The highest BCUT2D eigenvalue weighted by molar-refractivity contribution is 5.65. The van der Waals surface area contributed by atoms with Crippen molar-refractivity contribution < 1.29 is 0 Å². The minimum atomic E-state index is 0.573. The summed E-state index contributed by atoms with van der Waals surface area (Å²) in [6.07, 6.45) is 12.3. The third kappa shape index (κ3) is 2.57.